The first-order valence-electron chi connectivity index (χ1n) is 4.56. The Labute approximate surface area is 85.9 Å². The monoisotopic (exact) mass is 197 g/mol. The molecule has 0 N–H and O–H groups in total. The normalized spacial score (nSPS) is 13.3. The fourth-order valence-electron chi connectivity index (χ4n) is 1.52. The van der Waals surface area contributed by atoms with E-state index in [0.717, 1.165) is 16.6 Å². The largest absolute Gasteiger partial charge is 0.354 e. The van der Waals surface area contributed by atoms with E-state index < -0.39 is 0 Å². The van der Waals surface area contributed by atoms with E-state index >= 15 is 0 Å². The van der Waals surface area contributed by atoms with Crippen molar-refractivity contribution in [1.29, 1.82) is 0 Å². The minimum absolute atomic E-state index is 0.658. The molecule has 1 aliphatic heterocycles. The number of oxime groups is 1. The van der Waals surface area contributed by atoms with Crippen LogP contribution in [-0.4, -0.2) is 16.2 Å². The molecule has 0 radical (unpaired) electrons. The van der Waals surface area contributed by atoms with E-state index in [1.165, 1.54) is 0 Å². The van der Waals surface area contributed by atoms with Crippen LogP contribution in [0.2, 0.25) is 0 Å². The van der Waals surface area contributed by atoms with E-state index in [-0.39, 0.29) is 0 Å². The summed E-state index contributed by atoms with van der Waals surface area (Å²) in [5.74, 6) is 0.658. The zero-order chi connectivity index (χ0) is 10.1. The zero-order valence-corrected chi connectivity index (χ0v) is 7.79. The van der Waals surface area contributed by atoms with Gasteiger partial charge in [-0.3, -0.25) is 4.98 Å². The Kier molecular flexibility index (Phi) is 1.71. The van der Waals surface area contributed by atoms with Gasteiger partial charge in [0, 0.05) is 18.0 Å². The van der Waals surface area contributed by atoms with Crippen molar-refractivity contribution in [2.24, 2.45) is 5.16 Å². The summed E-state index contributed by atoms with van der Waals surface area (Å²) in [6.07, 6.45) is 8.66. The first kappa shape index (κ1) is 8.11. The number of allylic oxidation sites excluding steroid dienone is 1. The van der Waals surface area contributed by atoms with Crippen molar-refractivity contribution in [2.75, 3.05) is 0 Å². The number of aromatic nitrogens is 2. The highest BCUT2D eigenvalue weighted by Gasteiger charge is 2.10. The van der Waals surface area contributed by atoms with Crippen LogP contribution in [0.5, 0.6) is 5.75 Å². The summed E-state index contributed by atoms with van der Waals surface area (Å²) in [7, 11) is 0. The summed E-state index contributed by atoms with van der Waals surface area (Å²) in [6, 6.07) is 3.86. The Balaban J connectivity index is 2.38. The molecule has 4 heteroatoms. The van der Waals surface area contributed by atoms with Gasteiger partial charge in [-0.05, 0) is 24.3 Å². The first-order chi connectivity index (χ1) is 7.45. The van der Waals surface area contributed by atoms with Crippen LogP contribution < -0.4 is 4.84 Å². The van der Waals surface area contributed by atoms with Crippen LogP contribution in [0.25, 0.3) is 17.1 Å². The van der Waals surface area contributed by atoms with Gasteiger partial charge in [-0.15, -0.1) is 0 Å². The third-order valence-corrected chi connectivity index (χ3v) is 2.19. The number of fused-ring (bicyclic) bond motifs is 3. The maximum absolute atomic E-state index is 5.27. The molecule has 0 aliphatic carbocycles. The second-order valence-electron chi connectivity index (χ2n) is 3.11. The molecule has 2 heterocycles. The van der Waals surface area contributed by atoms with E-state index in [4.69, 9.17) is 4.84 Å². The molecule has 4 nitrogen and oxygen atoms in total. The van der Waals surface area contributed by atoms with Crippen LogP contribution in [-0.2, 0) is 0 Å². The molecule has 0 bridgehead atoms. The molecule has 72 valence electrons. The van der Waals surface area contributed by atoms with Gasteiger partial charge >= 0.3 is 0 Å². The Morgan fingerprint density at radius 1 is 1.07 bits per heavy atom. The first-order valence-corrected chi connectivity index (χ1v) is 4.56. The summed E-state index contributed by atoms with van der Waals surface area (Å²) in [4.78, 5) is 13.7. The molecule has 2 aromatic rings. The van der Waals surface area contributed by atoms with Crippen molar-refractivity contribution >= 4 is 23.3 Å². The summed E-state index contributed by atoms with van der Waals surface area (Å²) in [5, 5.41) is 3.78. The van der Waals surface area contributed by atoms with E-state index in [1.807, 2.05) is 24.3 Å². The van der Waals surface area contributed by atoms with Gasteiger partial charge in [0.1, 0.15) is 5.52 Å². The Bertz CT molecular complexity index is 575. The fraction of sp³-hybridized carbons (Fsp3) is 0. The van der Waals surface area contributed by atoms with Crippen molar-refractivity contribution in [3.63, 3.8) is 0 Å². The second-order valence-corrected chi connectivity index (χ2v) is 3.11. The van der Waals surface area contributed by atoms with Gasteiger partial charge in [0.05, 0.1) is 11.7 Å². The Morgan fingerprint density at radius 3 is 3.00 bits per heavy atom. The standard InChI is InChI=1S/C11H7N3O/c1-2-8-3-4-9-10(13-7-6-12-9)11(8)15-14-5-1/h1-7H. The Hall–Kier alpha value is -2.23. The highest BCUT2D eigenvalue weighted by atomic mass is 16.6. The van der Waals surface area contributed by atoms with E-state index in [0.29, 0.717) is 5.75 Å². The van der Waals surface area contributed by atoms with Gasteiger partial charge in [-0.1, -0.05) is 5.16 Å². The summed E-state index contributed by atoms with van der Waals surface area (Å²) >= 11 is 0. The average Bonchev–Trinajstić information content (AvgIpc) is 2.54. The summed E-state index contributed by atoms with van der Waals surface area (Å²) in [6.45, 7) is 0. The Morgan fingerprint density at radius 2 is 2.00 bits per heavy atom. The second kappa shape index (κ2) is 3.16. The molecule has 1 aromatic carbocycles. The number of nitrogens with zero attached hydrogens (tertiary/aromatic N) is 3. The molecule has 3 rings (SSSR count). The van der Waals surface area contributed by atoms with E-state index in [9.17, 15) is 0 Å². The van der Waals surface area contributed by atoms with Gasteiger partial charge in [0.25, 0.3) is 0 Å². The van der Waals surface area contributed by atoms with Gasteiger partial charge in [0.2, 0.25) is 0 Å². The van der Waals surface area contributed by atoms with Crippen LogP contribution in [0.1, 0.15) is 5.56 Å². The van der Waals surface area contributed by atoms with E-state index in [1.54, 1.807) is 18.6 Å². The maximum Gasteiger partial charge on any atom is 0.192 e. The number of hydrogen-bond acceptors (Lipinski definition) is 4. The summed E-state index contributed by atoms with van der Waals surface area (Å²) < 4.78 is 0. The third-order valence-electron chi connectivity index (χ3n) is 2.19. The van der Waals surface area contributed by atoms with Gasteiger partial charge in [0.15, 0.2) is 5.75 Å². The van der Waals surface area contributed by atoms with Crippen molar-refractivity contribution in [3.05, 3.63) is 36.2 Å². The zero-order valence-electron chi connectivity index (χ0n) is 7.79. The maximum atomic E-state index is 5.27. The smallest absolute Gasteiger partial charge is 0.192 e. The third kappa shape index (κ3) is 1.27. The van der Waals surface area contributed by atoms with Crippen LogP contribution in [0.15, 0.2) is 35.8 Å². The molecular formula is C11H7N3O. The van der Waals surface area contributed by atoms with Crippen LogP contribution in [0.4, 0.5) is 0 Å². The van der Waals surface area contributed by atoms with Gasteiger partial charge in [-0.25, -0.2) is 4.98 Å². The SMILES string of the molecule is C1=Cc2ccc3nccnc3c2ON=C1. The fourth-order valence-corrected chi connectivity index (χ4v) is 1.52. The average molecular weight is 197 g/mol. The van der Waals surface area contributed by atoms with E-state index in [2.05, 4.69) is 15.1 Å². The van der Waals surface area contributed by atoms with Crippen molar-refractivity contribution in [2.45, 2.75) is 0 Å². The minimum atomic E-state index is 0.658. The van der Waals surface area contributed by atoms with Crippen molar-refractivity contribution in [1.82, 2.24) is 9.97 Å². The molecule has 1 aromatic heterocycles. The molecule has 0 unspecified atom stereocenters. The lowest BCUT2D eigenvalue weighted by atomic mass is 10.1. The number of benzene rings is 1. The van der Waals surface area contributed by atoms with Gasteiger partial charge < -0.3 is 4.84 Å². The van der Waals surface area contributed by atoms with Crippen LogP contribution in [0, 0.1) is 0 Å². The molecule has 0 fully saturated rings. The predicted molar refractivity (Wildman–Crippen MR) is 57.7 cm³/mol. The molecular weight excluding hydrogens is 190 g/mol. The lowest BCUT2D eigenvalue weighted by Gasteiger charge is -2.04. The molecule has 0 saturated carbocycles. The predicted octanol–water partition coefficient (Wildman–Crippen LogP) is 2.02. The highest BCUT2D eigenvalue weighted by Crippen LogP contribution is 2.29. The lowest BCUT2D eigenvalue weighted by Crippen LogP contribution is -1.90. The molecule has 15 heavy (non-hydrogen) atoms. The quantitative estimate of drug-likeness (QED) is 0.649. The molecule has 0 spiro atoms. The van der Waals surface area contributed by atoms with Crippen molar-refractivity contribution in [3.8, 4) is 5.75 Å². The molecule has 0 saturated heterocycles. The lowest BCUT2D eigenvalue weighted by molar-refractivity contribution is 0.347. The summed E-state index contributed by atoms with van der Waals surface area (Å²) in [5.41, 5.74) is 2.50. The molecule has 0 amide bonds. The topological polar surface area (TPSA) is 47.4 Å². The van der Waals surface area contributed by atoms with Crippen LogP contribution >= 0.6 is 0 Å². The number of hydrogen-bond donors (Lipinski definition) is 0. The van der Waals surface area contributed by atoms with Crippen molar-refractivity contribution < 1.29 is 4.84 Å². The highest BCUT2D eigenvalue weighted by molar-refractivity contribution is 5.89. The van der Waals surface area contributed by atoms with Gasteiger partial charge in [-0.2, -0.15) is 0 Å². The molecule has 1 aliphatic rings. The minimum Gasteiger partial charge on any atom is -0.354 e. The molecule has 0 atom stereocenters. The number of rotatable bonds is 0. The van der Waals surface area contributed by atoms with Crippen LogP contribution in [0.3, 0.4) is 0 Å².